The molecule has 1 aliphatic heterocycles. The summed E-state index contributed by atoms with van der Waals surface area (Å²) in [6, 6.07) is 0.302. The van der Waals surface area contributed by atoms with Crippen LogP contribution in [0, 0.1) is 0 Å². The highest BCUT2D eigenvalue weighted by Gasteiger charge is 2.28. The van der Waals surface area contributed by atoms with E-state index >= 15 is 0 Å². The Bertz CT molecular complexity index is 223. The largest absolute Gasteiger partial charge is 0.380 e. The van der Waals surface area contributed by atoms with Crippen LogP contribution in [0.2, 0.25) is 0 Å². The molecule has 1 heterocycles. The van der Waals surface area contributed by atoms with Crippen LogP contribution in [0.3, 0.4) is 0 Å². The molecule has 1 amide bonds. The first-order valence-electron chi connectivity index (χ1n) is 5.89. The Balaban J connectivity index is 2.12. The smallest absolute Gasteiger partial charge is 0.246 e. The van der Waals surface area contributed by atoms with Gasteiger partial charge in [0.1, 0.15) is 6.10 Å². The van der Waals surface area contributed by atoms with E-state index < -0.39 is 6.10 Å². The van der Waals surface area contributed by atoms with Crippen LogP contribution in [0.5, 0.6) is 0 Å². The molecule has 0 aromatic rings. The van der Waals surface area contributed by atoms with Gasteiger partial charge in [0, 0.05) is 19.2 Å². The van der Waals surface area contributed by atoms with E-state index in [1.165, 1.54) is 0 Å². The second kappa shape index (κ2) is 6.83. The van der Waals surface area contributed by atoms with Crippen molar-refractivity contribution >= 4 is 5.91 Å². The highest BCUT2D eigenvalue weighted by Crippen LogP contribution is 2.18. The second-order valence-corrected chi connectivity index (χ2v) is 4.20. The van der Waals surface area contributed by atoms with Crippen LogP contribution in [0.4, 0.5) is 0 Å². The first-order chi connectivity index (χ1) is 7.63. The molecular formula is C11H22N2O3. The molecule has 5 heteroatoms. The molecular weight excluding hydrogens is 208 g/mol. The number of hydrogen-bond acceptors (Lipinski definition) is 4. The summed E-state index contributed by atoms with van der Waals surface area (Å²) < 4.78 is 10.8. The number of nitrogens with one attached hydrogen (secondary N) is 1. The third kappa shape index (κ3) is 4.47. The van der Waals surface area contributed by atoms with Gasteiger partial charge in [-0.15, -0.1) is 0 Å². The maximum absolute atomic E-state index is 10.9. The van der Waals surface area contributed by atoms with Crippen LogP contribution in [-0.4, -0.2) is 43.9 Å². The van der Waals surface area contributed by atoms with Crippen molar-refractivity contribution in [3.63, 3.8) is 0 Å². The van der Waals surface area contributed by atoms with Crippen LogP contribution in [0.25, 0.3) is 0 Å². The minimum atomic E-state index is -0.394. The van der Waals surface area contributed by atoms with Crippen LogP contribution in [-0.2, 0) is 14.3 Å². The van der Waals surface area contributed by atoms with Crippen LogP contribution >= 0.6 is 0 Å². The molecule has 3 unspecified atom stereocenters. The summed E-state index contributed by atoms with van der Waals surface area (Å²) in [5.41, 5.74) is 5.18. The fourth-order valence-electron chi connectivity index (χ4n) is 1.75. The SMILES string of the molecule is CCOCC(C)NCC1CCC(C(N)=O)O1. The molecule has 0 aromatic heterocycles. The van der Waals surface area contributed by atoms with Gasteiger partial charge >= 0.3 is 0 Å². The van der Waals surface area contributed by atoms with E-state index in [9.17, 15) is 4.79 Å². The number of hydrogen-bond donors (Lipinski definition) is 2. The molecule has 1 rings (SSSR count). The Morgan fingerprint density at radius 1 is 1.62 bits per heavy atom. The number of carbonyl (C=O) groups is 1. The van der Waals surface area contributed by atoms with Crippen molar-refractivity contribution in [3.05, 3.63) is 0 Å². The predicted octanol–water partition coefficient (Wildman–Crippen LogP) is 0.0339. The zero-order chi connectivity index (χ0) is 12.0. The Hall–Kier alpha value is -0.650. The van der Waals surface area contributed by atoms with Gasteiger partial charge in [-0.3, -0.25) is 4.79 Å². The van der Waals surface area contributed by atoms with Crippen molar-refractivity contribution in [1.82, 2.24) is 5.32 Å². The zero-order valence-corrected chi connectivity index (χ0v) is 10.1. The average Bonchev–Trinajstić information content (AvgIpc) is 2.72. The first-order valence-corrected chi connectivity index (χ1v) is 5.89. The lowest BCUT2D eigenvalue weighted by Gasteiger charge is -2.17. The third-order valence-electron chi connectivity index (χ3n) is 2.69. The molecule has 16 heavy (non-hydrogen) atoms. The molecule has 0 aromatic carbocycles. The number of ether oxygens (including phenoxy) is 2. The van der Waals surface area contributed by atoms with Gasteiger partial charge in [-0.05, 0) is 26.7 Å². The van der Waals surface area contributed by atoms with Gasteiger partial charge in [0.25, 0.3) is 0 Å². The van der Waals surface area contributed by atoms with Crippen molar-refractivity contribution in [2.75, 3.05) is 19.8 Å². The molecule has 1 fully saturated rings. The summed E-state index contributed by atoms with van der Waals surface area (Å²) >= 11 is 0. The Morgan fingerprint density at radius 3 is 2.94 bits per heavy atom. The van der Waals surface area contributed by atoms with Crippen molar-refractivity contribution in [2.24, 2.45) is 5.73 Å². The number of rotatable bonds is 7. The van der Waals surface area contributed by atoms with Crippen LogP contribution in [0.15, 0.2) is 0 Å². The fourth-order valence-corrected chi connectivity index (χ4v) is 1.75. The van der Waals surface area contributed by atoms with E-state index in [4.69, 9.17) is 15.2 Å². The minimum absolute atomic E-state index is 0.0987. The van der Waals surface area contributed by atoms with E-state index in [2.05, 4.69) is 12.2 Å². The van der Waals surface area contributed by atoms with Crippen molar-refractivity contribution in [1.29, 1.82) is 0 Å². The lowest BCUT2D eigenvalue weighted by Crippen LogP contribution is -2.37. The summed E-state index contributed by atoms with van der Waals surface area (Å²) in [5.74, 6) is -0.357. The molecule has 5 nitrogen and oxygen atoms in total. The lowest BCUT2D eigenvalue weighted by molar-refractivity contribution is -0.128. The van der Waals surface area contributed by atoms with Gasteiger partial charge in [0.15, 0.2) is 0 Å². The number of primary amides is 1. The molecule has 1 saturated heterocycles. The molecule has 0 aliphatic carbocycles. The average molecular weight is 230 g/mol. The Labute approximate surface area is 96.7 Å². The topological polar surface area (TPSA) is 73.6 Å². The van der Waals surface area contributed by atoms with Gasteiger partial charge in [0.2, 0.25) is 5.91 Å². The molecule has 0 saturated carbocycles. The van der Waals surface area contributed by atoms with E-state index in [1.54, 1.807) is 0 Å². The van der Waals surface area contributed by atoms with Crippen molar-refractivity contribution in [2.45, 2.75) is 44.9 Å². The summed E-state index contributed by atoms with van der Waals surface area (Å²) in [6.45, 7) is 6.22. The van der Waals surface area contributed by atoms with Gasteiger partial charge in [-0.1, -0.05) is 0 Å². The highest BCUT2D eigenvalue weighted by molar-refractivity contribution is 5.79. The molecule has 0 bridgehead atoms. The Morgan fingerprint density at radius 2 is 2.38 bits per heavy atom. The molecule has 3 atom stereocenters. The first kappa shape index (κ1) is 13.4. The molecule has 0 spiro atoms. The maximum Gasteiger partial charge on any atom is 0.246 e. The van der Waals surface area contributed by atoms with E-state index in [-0.39, 0.29) is 12.0 Å². The van der Waals surface area contributed by atoms with Gasteiger partial charge in [0.05, 0.1) is 12.7 Å². The van der Waals surface area contributed by atoms with E-state index in [1.807, 2.05) is 6.92 Å². The van der Waals surface area contributed by atoms with Crippen molar-refractivity contribution in [3.8, 4) is 0 Å². The second-order valence-electron chi connectivity index (χ2n) is 4.20. The van der Waals surface area contributed by atoms with Gasteiger partial charge in [-0.2, -0.15) is 0 Å². The van der Waals surface area contributed by atoms with Gasteiger partial charge < -0.3 is 20.5 Å². The third-order valence-corrected chi connectivity index (χ3v) is 2.69. The van der Waals surface area contributed by atoms with Crippen LogP contribution < -0.4 is 11.1 Å². The van der Waals surface area contributed by atoms with Gasteiger partial charge in [-0.25, -0.2) is 0 Å². The fraction of sp³-hybridized carbons (Fsp3) is 0.909. The predicted molar refractivity (Wildman–Crippen MR) is 61.0 cm³/mol. The summed E-state index contributed by atoms with van der Waals surface area (Å²) in [6.07, 6.45) is 1.33. The lowest BCUT2D eigenvalue weighted by atomic mass is 10.2. The number of amides is 1. The van der Waals surface area contributed by atoms with Crippen LogP contribution in [0.1, 0.15) is 26.7 Å². The van der Waals surface area contributed by atoms with E-state index in [0.29, 0.717) is 12.6 Å². The summed E-state index contributed by atoms with van der Waals surface area (Å²) in [5, 5.41) is 3.32. The number of carbonyl (C=O) groups excluding carboxylic acids is 1. The monoisotopic (exact) mass is 230 g/mol. The zero-order valence-electron chi connectivity index (χ0n) is 10.1. The number of nitrogens with two attached hydrogens (primary N) is 1. The standard InChI is InChI=1S/C11H22N2O3/c1-3-15-7-8(2)13-6-9-4-5-10(16-9)11(12)14/h8-10,13H,3-7H2,1-2H3,(H2,12,14). The normalized spacial score (nSPS) is 26.9. The Kier molecular flexibility index (Phi) is 5.73. The molecule has 0 radical (unpaired) electrons. The van der Waals surface area contributed by atoms with Crippen molar-refractivity contribution < 1.29 is 14.3 Å². The maximum atomic E-state index is 10.9. The summed E-state index contributed by atoms with van der Waals surface area (Å²) in [4.78, 5) is 10.9. The molecule has 1 aliphatic rings. The molecule has 94 valence electrons. The highest BCUT2D eigenvalue weighted by atomic mass is 16.5. The van der Waals surface area contributed by atoms with E-state index in [0.717, 1.165) is 26.0 Å². The minimum Gasteiger partial charge on any atom is -0.380 e. The summed E-state index contributed by atoms with van der Waals surface area (Å²) in [7, 11) is 0. The quantitative estimate of drug-likeness (QED) is 0.647. The molecule has 3 N–H and O–H groups in total.